The maximum Gasteiger partial charge on any atom is 0.573 e. The quantitative estimate of drug-likeness (QED) is 0.163. The van der Waals surface area contributed by atoms with Crippen molar-refractivity contribution in [3.8, 4) is 28.6 Å². The molecule has 2 heterocycles. The second-order valence-electron chi connectivity index (χ2n) is 8.94. The smallest absolute Gasteiger partial charge is 0.495 e. The van der Waals surface area contributed by atoms with E-state index in [4.69, 9.17) is 17.0 Å². The van der Waals surface area contributed by atoms with Crippen LogP contribution in [0.2, 0.25) is 0 Å². The molecule has 0 unspecified atom stereocenters. The summed E-state index contributed by atoms with van der Waals surface area (Å²) in [6.45, 7) is 1.92. The van der Waals surface area contributed by atoms with Crippen LogP contribution >= 0.6 is 24.0 Å². The first-order valence-electron chi connectivity index (χ1n) is 12.5. The van der Waals surface area contributed by atoms with Crippen LogP contribution < -0.4 is 19.8 Å². The van der Waals surface area contributed by atoms with E-state index in [0.717, 1.165) is 16.7 Å². The molecule has 5 rings (SSSR count). The number of rotatable bonds is 7. The van der Waals surface area contributed by atoms with Gasteiger partial charge in [-0.25, -0.2) is 9.67 Å². The van der Waals surface area contributed by atoms with E-state index in [9.17, 15) is 18.0 Å². The maximum absolute atomic E-state index is 12.6. The van der Waals surface area contributed by atoms with Gasteiger partial charge in [-0.15, -0.1) is 18.3 Å². The monoisotopic (exact) mass is 625 g/mol. The Morgan fingerprint density at radius 1 is 1.12 bits per heavy atom. The molecular formula is C28H22F3N7O3S2. The Kier molecular flexibility index (Phi) is 8.73. The normalized spacial score (nSPS) is 14.5. The molecule has 1 saturated heterocycles. The van der Waals surface area contributed by atoms with Crippen molar-refractivity contribution in [1.29, 1.82) is 0 Å². The lowest BCUT2D eigenvalue weighted by atomic mass is 10.1. The molecule has 4 aromatic rings. The van der Waals surface area contributed by atoms with Crippen LogP contribution in [0.4, 0.5) is 18.9 Å². The number of aliphatic imine (C=N–C) groups is 1. The number of carbonyl (C=O) groups excluding carboxylic acids is 1. The second-order valence-corrected chi connectivity index (χ2v) is 10.3. The highest BCUT2D eigenvalue weighted by Gasteiger charge is 2.32. The number of aromatic nitrogens is 3. The third kappa shape index (κ3) is 7.37. The fraction of sp³-hybridized carbons (Fsp3) is 0.143. The Labute approximate surface area is 253 Å². The lowest BCUT2D eigenvalue weighted by molar-refractivity contribution is -0.274. The van der Waals surface area contributed by atoms with Gasteiger partial charge in [0.2, 0.25) is 11.0 Å². The molecule has 0 aliphatic carbocycles. The summed E-state index contributed by atoms with van der Waals surface area (Å²) in [4.78, 5) is 22.8. The number of hydrogen-bond acceptors (Lipinski definition) is 8. The number of carbonyl (C=O) groups is 1. The molecule has 1 fully saturated rings. The number of anilines is 1. The summed E-state index contributed by atoms with van der Waals surface area (Å²) in [7, 11) is 1.54. The van der Waals surface area contributed by atoms with Gasteiger partial charge in [-0.3, -0.25) is 15.1 Å². The van der Waals surface area contributed by atoms with Gasteiger partial charge in [-0.1, -0.05) is 42.1 Å². The molecule has 0 radical (unpaired) electrons. The Bertz CT molecular complexity index is 1710. The molecule has 10 nitrogen and oxygen atoms in total. The van der Waals surface area contributed by atoms with Crippen LogP contribution in [-0.4, -0.2) is 56.4 Å². The number of nitrogens with zero attached hydrogens (tertiary/aromatic N) is 6. The van der Waals surface area contributed by atoms with Gasteiger partial charge in [0.15, 0.2) is 11.0 Å². The van der Waals surface area contributed by atoms with Crippen LogP contribution in [0.5, 0.6) is 11.5 Å². The Hall–Kier alpha value is -4.76. The number of hydrogen-bond donors (Lipinski definition) is 1. The zero-order valence-corrected chi connectivity index (χ0v) is 24.2. The standard InChI is InChI=1S/C28H22F3N7O3S2/c1-17-3-12-23(40-2)22(13-17)38-24(39)15-43-27(38)34-26(42)35-33-14-18-4-6-19(7-5-18)25-32-16-37(36-25)20-8-10-21(11-9-20)41-28(29,30)31/h3-14,16H,15H2,1-2H3,(H,35,42)/b33-14+,34-27-. The van der Waals surface area contributed by atoms with Crippen LogP contribution in [0.25, 0.3) is 17.1 Å². The van der Waals surface area contributed by atoms with Gasteiger partial charge < -0.3 is 9.47 Å². The average molecular weight is 626 g/mol. The number of alkyl halides is 3. The third-order valence-electron chi connectivity index (χ3n) is 5.91. The summed E-state index contributed by atoms with van der Waals surface area (Å²) in [5.74, 6) is 0.739. The fourth-order valence-electron chi connectivity index (χ4n) is 3.97. The molecular weight excluding hydrogens is 603 g/mol. The van der Waals surface area contributed by atoms with Gasteiger partial charge in [0, 0.05) is 5.56 Å². The summed E-state index contributed by atoms with van der Waals surface area (Å²) in [5.41, 5.74) is 6.25. The number of amidine groups is 1. The van der Waals surface area contributed by atoms with Crippen LogP contribution in [0.3, 0.4) is 0 Å². The summed E-state index contributed by atoms with van der Waals surface area (Å²) >= 11 is 6.59. The molecule has 43 heavy (non-hydrogen) atoms. The maximum atomic E-state index is 12.6. The van der Waals surface area contributed by atoms with E-state index in [2.05, 4.69) is 30.3 Å². The highest BCUT2D eigenvalue weighted by molar-refractivity contribution is 8.15. The van der Waals surface area contributed by atoms with Crippen LogP contribution in [0.1, 0.15) is 11.1 Å². The van der Waals surface area contributed by atoms with Gasteiger partial charge in [-0.2, -0.15) is 10.1 Å². The first-order valence-corrected chi connectivity index (χ1v) is 13.9. The van der Waals surface area contributed by atoms with Crippen molar-refractivity contribution < 1.29 is 27.4 Å². The largest absolute Gasteiger partial charge is 0.573 e. The van der Waals surface area contributed by atoms with Gasteiger partial charge in [-0.05, 0) is 66.7 Å². The van der Waals surface area contributed by atoms with E-state index in [1.165, 1.54) is 59.0 Å². The summed E-state index contributed by atoms with van der Waals surface area (Å²) in [6.07, 6.45) is -1.74. The van der Waals surface area contributed by atoms with E-state index >= 15 is 0 Å². The molecule has 1 N–H and O–H groups in total. The first-order chi connectivity index (χ1) is 20.6. The minimum absolute atomic E-state index is 0.0782. The van der Waals surface area contributed by atoms with Crippen molar-refractivity contribution in [3.63, 3.8) is 0 Å². The van der Waals surface area contributed by atoms with E-state index < -0.39 is 6.36 Å². The van der Waals surface area contributed by atoms with Crippen LogP contribution in [0, 0.1) is 6.92 Å². The van der Waals surface area contributed by atoms with Crippen LogP contribution in [0.15, 0.2) is 83.2 Å². The minimum Gasteiger partial charge on any atom is -0.495 e. The summed E-state index contributed by atoms with van der Waals surface area (Å²) < 4.78 is 47.9. The molecule has 0 spiro atoms. The van der Waals surface area contributed by atoms with Crippen molar-refractivity contribution in [2.24, 2.45) is 10.1 Å². The van der Waals surface area contributed by atoms with Gasteiger partial charge in [0.1, 0.15) is 17.8 Å². The predicted molar refractivity (Wildman–Crippen MR) is 162 cm³/mol. The number of thiocarbonyl (C=S) groups is 1. The number of amides is 1. The number of halogens is 3. The Morgan fingerprint density at radius 2 is 1.86 bits per heavy atom. The van der Waals surface area contributed by atoms with Gasteiger partial charge >= 0.3 is 6.36 Å². The molecule has 220 valence electrons. The minimum atomic E-state index is -4.76. The van der Waals surface area contributed by atoms with E-state index in [1.54, 1.807) is 36.5 Å². The molecule has 1 aliphatic rings. The van der Waals surface area contributed by atoms with Crippen molar-refractivity contribution in [1.82, 2.24) is 20.2 Å². The van der Waals surface area contributed by atoms with E-state index in [0.29, 0.717) is 28.1 Å². The Morgan fingerprint density at radius 3 is 2.56 bits per heavy atom. The highest BCUT2D eigenvalue weighted by Crippen LogP contribution is 2.35. The highest BCUT2D eigenvalue weighted by atomic mass is 32.2. The van der Waals surface area contributed by atoms with Crippen LogP contribution in [-0.2, 0) is 4.79 Å². The molecule has 1 aromatic heterocycles. The van der Waals surface area contributed by atoms with Crippen molar-refractivity contribution in [2.45, 2.75) is 13.3 Å². The molecule has 1 amide bonds. The average Bonchev–Trinajstić information content (AvgIpc) is 3.60. The molecule has 15 heteroatoms. The lowest BCUT2D eigenvalue weighted by Crippen LogP contribution is -2.31. The topological polar surface area (TPSA) is 106 Å². The SMILES string of the molecule is COc1ccc(C)cc1N1C(=O)CS/C1=N\C(=S)N/N=C/c1ccc(-c2ncn(-c3ccc(OC(F)(F)F)cc3)n2)cc1. The van der Waals surface area contributed by atoms with Crippen molar-refractivity contribution in [2.75, 3.05) is 17.8 Å². The van der Waals surface area contributed by atoms with Gasteiger partial charge in [0.05, 0.1) is 30.5 Å². The summed E-state index contributed by atoms with van der Waals surface area (Å²) in [6, 6.07) is 18.0. The lowest BCUT2D eigenvalue weighted by Gasteiger charge is -2.19. The van der Waals surface area contributed by atoms with E-state index in [1.807, 2.05) is 19.1 Å². The predicted octanol–water partition coefficient (Wildman–Crippen LogP) is 5.49. The fourth-order valence-corrected chi connectivity index (χ4v) is 5.03. The second kappa shape index (κ2) is 12.6. The number of nitrogens with one attached hydrogen (secondary N) is 1. The van der Waals surface area contributed by atoms with Crippen molar-refractivity contribution in [3.05, 3.63) is 84.2 Å². The number of aryl methyl sites for hydroxylation is 1. The van der Waals surface area contributed by atoms with Gasteiger partial charge in [0.25, 0.3) is 0 Å². The number of methoxy groups -OCH3 is 1. The zero-order valence-electron chi connectivity index (χ0n) is 22.6. The number of hydrazone groups is 1. The number of thioether (sulfide) groups is 1. The number of ether oxygens (including phenoxy) is 2. The molecule has 0 bridgehead atoms. The third-order valence-corrected chi connectivity index (χ3v) is 7.01. The van der Waals surface area contributed by atoms with E-state index in [-0.39, 0.29) is 22.5 Å². The molecule has 0 atom stereocenters. The number of benzene rings is 3. The molecule has 1 aliphatic heterocycles. The molecule has 3 aromatic carbocycles. The Balaban J connectivity index is 1.21. The first kappa shape index (κ1) is 29.7. The molecule has 0 saturated carbocycles. The van der Waals surface area contributed by atoms with Crippen molar-refractivity contribution >= 4 is 52.1 Å². The zero-order chi connectivity index (χ0) is 30.6. The summed E-state index contributed by atoms with van der Waals surface area (Å²) in [5, 5.41) is 9.04.